The van der Waals surface area contributed by atoms with Crippen molar-refractivity contribution in [2.45, 2.75) is 11.3 Å². The molecule has 110 valence electrons. The summed E-state index contributed by atoms with van der Waals surface area (Å²) in [5.74, 6) is -1.68. The highest BCUT2D eigenvalue weighted by molar-refractivity contribution is 7.89. The molecule has 0 saturated carbocycles. The molecular weight excluding hydrogens is 284 g/mol. The van der Waals surface area contributed by atoms with Gasteiger partial charge in [0.2, 0.25) is 15.9 Å². The monoisotopic (exact) mass is 300 g/mol. The maximum Gasteiger partial charge on any atom is 0.265 e. The van der Waals surface area contributed by atoms with Gasteiger partial charge in [-0.3, -0.25) is 9.59 Å². The summed E-state index contributed by atoms with van der Waals surface area (Å²) in [4.78, 5) is 22.2. The van der Waals surface area contributed by atoms with Crippen molar-refractivity contribution < 1.29 is 18.0 Å². The van der Waals surface area contributed by atoms with Crippen molar-refractivity contribution in [3.8, 4) is 0 Å². The van der Waals surface area contributed by atoms with E-state index in [0.717, 1.165) is 0 Å². The first-order valence-corrected chi connectivity index (χ1v) is 7.43. The average molecular weight is 300 g/mol. The Balaban J connectivity index is 2.30. The van der Waals surface area contributed by atoms with E-state index in [4.69, 9.17) is 11.5 Å². The van der Waals surface area contributed by atoms with Crippen LogP contribution < -0.4 is 11.5 Å². The average Bonchev–Trinajstić information content (AvgIpc) is 2.94. The molecule has 0 aliphatic carbocycles. The quantitative estimate of drug-likeness (QED) is 0.710. The number of primary amides is 2. The molecule has 8 nitrogen and oxygen atoms in total. The SMILES string of the molecule is Cn1cc(S(=O)(=O)N2CCC(C(N)=O)C2)cc1C(N)=O. The lowest BCUT2D eigenvalue weighted by atomic mass is 10.1. The molecular formula is C11H16N4O4S. The topological polar surface area (TPSA) is 128 Å². The first-order chi connectivity index (χ1) is 9.23. The van der Waals surface area contributed by atoms with Crippen molar-refractivity contribution >= 4 is 21.8 Å². The second kappa shape index (κ2) is 4.91. The van der Waals surface area contributed by atoms with E-state index in [1.807, 2.05) is 0 Å². The molecule has 1 saturated heterocycles. The van der Waals surface area contributed by atoms with E-state index in [0.29, 0.717) is 6.42 Å². The minimum Gasteiger partial charge on any atom is -0.369 e. The van der Waals surface area contributed by atoms with Crippen LogP contribution in [-0.2, 0) is 21.9 Å². The first kappa shape index (κ1) is 14.5. The number of sulfonamides is 1. The zero-order chi connectivity index (χ0) is 15.1. The van der Waals surface area contributed by atoms with Crippen LogP contribution in [0.15, 0.2) is 17.2 Å². The fourth-order valence-electron chi connectivity index (χ4n) is 2.25. The molecule has 2 heterocycles. The molecule has 1 aliphatic rings. The zero-order valence-corrected chi connectivity index (χ0v) is 11.8. The van der Waals surface area contributed by atoms with Crippen LogP contribution in [0.4, 0.5) is 0 Å². The molecule has 2 rings (SSSR count). The third-order valence-corrected chi connectivity index (χ3v) is 5.25. The zero-order valence-electron chi connectivity index (χ0n) is 10.9. The molecule has 0 spiro atoms. The van der Waals surface area contributed by atoms with Crippen molar-refractivity contribution in [3.63, 3.8) is 0 Å². The van der Waals surface area contributed by atoms with Gasteiger partial charge in [0, 0.05) is 26.3 Å². The predicted octanol–water partition coefficient (Wildman–Crippen LogP) is -1.38. The molecule has 1 unspecified atom stereocenters. The summed E-state index contributed by atoms with van der Waals surface area (Å²) in [5.41, 5.74) is 10.4. The number of hydrogen-bond donors (Lipinski definition) is 2. The molecule has 1 atom stereocenters. The third kappa shape index (κ3) is 2.41. The van der Waals surface area contributed by atoms with E-state index in [9.17, 15) is 18.0 Å². The highest BCUT2D eigenvalue weighted by Crippen LogP contribution is 2.25. The maximum atomic E-state index is 12.4. The Bertz CT molecular complexity index is 664. The summed E-state index contributed by atoms with van der Waals surface area (Å²) < 4.78 is 27.4. The fourth-order valence-corrected chi connectivity index (χ4v) is 3.82. The van der Waals surface area contributed by atoms with E-state index < -0.39 is 27.8 Å². The van der Waals surface area contributed by atoms with Gasteiger partial charge in [0.05, 0.1) is 5.92 Å². The lowest BCUT2D eigenvalue weighted by molar-refractivity contribution is -0.121. The minimum absolute atomic E-state index is 0.0149. The number of carbonyl (C=O) groups excluding carboxylic acids is 2. The van der Waals surface area contributed by atoms with Crippen LogP contribution in [0.3, 0.4) is 0 Å². The van der Waals surface area contributed by atoms with E-state index in [-0.39, 0.29) is 23.7 Å². The molecule has 1 fully saturated rings. The Labute approximate surface area is 116 Å². The van der Waals surface area contributed by atoms with Crippen molar-refractivity contribution in [1.82, 2.24) is 8.87 Å². The van der Waals surface area contributed by atoms with Crippen molar-refractivity contribution in [1.29, 1.82) is 0 Å². The van der Waals surface area contributed by atoms with Gasteiger partial charge in [-0.2, -0.15) is 4.31 Å². The minimum atomic E-state index is -3.74. The van der Waals surface area contributed by atoms with Crippen LogP contribution in [0, 0.1) is 5.92 Å². The molecule has 1 aromatic heterocycles. The Morgan fingerprint density at radius 2 is 2.00 bits per heavy atom. The molecule has 20 heavy (non-hydrogen) atoms. The molecule has 1 aliphatic heterocycles. The molecule has 0 aromatic carbocycles. The predicted molar refractivity (Wildman–Crippen MR) is 70.0 cm³/mol. The summed E-state index contributed by atoms with van der Waals surface area (Å²) in [6, 6.07) is 1.23. The van der Waals surface area contributed by atoms with Gasteiger partial charge in [-0.1, -0.05) is 0 Å². The second-order valence-corrected chi connectivity index (χ2v) is 6.73. The van der Waals surface area contributed by atoms with E-state index >= 15 is 0 Å². The Hall–Kier alpha value is -1.87. The normalized spacial score (nSPS) is 20.1. The van der Waals surface area contributed by atoms with Crippen molar-refractivity contribution in [3.05, 3.63) is 18.0 Å². The number of aromatic nitrogens is 1. The largest absolute Gasteiger partial charge is 0.369 e. The Morgan fingerprint density at radius 3 is 2.45 bits per heavy atom. The summed E-state index contributed by atoms with van der Waals surface area (Å²) >= 11 is 0. The summed E-state index contributed by atoms with van der Waals surface area (Å²) in [6.45, 7) is 0.301. The molecule has 9 heteroatoms. The third-order valence-electron chi connectivity index (χ3n) is 3.42. The highest BCUT2D eigenvalue weighted by atomic mass is 32.2. The van der Waals surface area contributed by atoms with E-state index in [1.54, 1.807) is 0 Å². The van der Waals surface area contributed by atoms with E-state index in [1.165, 1.54) is 28.2 Å². The lowest BCUT2D eigenvalue weighted by Gasteiger charge is -2.14. The smallest absolute Gasteiger partial charge is 0.265 e. The van der Waals surface area contributed by atoms with Gasteiger partial charge in [-0.15, -0.1) is 0 Å². The molecule has 1 aromatic rings. The van der Waals surface area contributed by atoms with Gasteiger partial charge in [0.25, 0.3) is 5.91 Å². The van der Waals surface area contributed by atoms with Gasteiger partial charge in [0.15, 0.2) is 0 Å². The molecule has 4 N–H and O–H groups in total. The summed E-state index contributed by atoms with van der Waals surface area (Å²) in [6.07, 6.45) is 1.73. The molecule has 0 bridgehead atoms. The van der Waals surface area contributed by atoms with Gasteiger partial charge in [-0.05, 0) is 12.5 Å². The van der Waals surface area contributed by atoms with Crippen molar-refractivity contribution in [2.75, 3.05) is 13.1 Å². The van der Waals surface area contributed by atoms with Crippen LogP contribution in [0.2, 0.25) is 0 Å². The van der Waals surface area contributed by atoms with Gasteiger partial charge >= 0.3 is 0 Å². The summed E-state index contributed by atoms with van der Waals surface area (Å²) in [5, 5.41) is 0. The standard InChI is InChI=1S/C11H16N4O4S/c1-14-6-8(4-9(14)11(13)17)20(18,19)15-3-2-7(5-15)10(12)16/h4,6-7H,2-3,5H2,1H3,(H2,12,16)(H2,13,17). The van der Waals surface area contributed by atoms with Crippen molar-refractivity contribution in [2.24, 2.45) is 24.4 Å². The highest BCUT2D eigenvalue weighted by Gasteiger charge is 2.35. The molecule has 2 amide bonds. The lowest BCUT2D eigenvalue weighted by Crippen LogP contribution is -2.31. The summed E-state index contributed by atoms with van der Waals surface area (Å²) in [7, 11) is -2.21. The number of hydrogen-bond acceptors (Lipinski definition) is 4. The first-order valence-electron chi connectivity index (χ1n) is 5.99. The number of nitrogens with two attached hydrogens (primary N) is 2. The van der Waals surface area contributed by atoms with Gasteiger partial charge in [0.1, 0.15) is 10.6 Å². The number of carbonyl (C=O) groups is 2. The fraction of sp³-hybridized carbons (Fsp3) is 0.455. The Morgan fingerprint density at radius 1 is 1.35 bits per heavy atom. The molecule has 0 radical (unpaired) electrons. The number of amides is 2. The van der Waals surface area contributed by atoms with Crippen LogP contribution in [0.25, 0.3) is 0 Å². The van der Waals surface area contributed by atoms with Crippen LogP contribution in [0.1, 0.15) is 16.9 Å². The Kier molecular flexibility index (Phi) is 3.57. The van der Waals surface area contributed by atoms with E-state index in [2.05, 4.69) is 0 Å². The van der Waals surface area contributed by atoms with Gasteiger partial charge in [-0.25, -0.2) is 8.42 Å². The number of aryl methyl sites for hydroxylation is 1. The van der Waals surface area contributed by atoms with Crippen LogP contribution >= 0.6 is 0 Å². The number of rotatable bonds is 4. The number of nitrogens with zero attached hydrogens (tertiary/aromatic N) is 2. The van der Waals surface area contributed by atoms with Crippen LogP contribution in [-0.4, -0.2) is 42.2 Å². The maximum absolute atomic E-state index is 12.4. The second-order valence-electron chi connectivity index (χ2n) is 4.79. The van der Waals surface area contributed by atoms with Crippen LogP contribution in [0.5, 0.6) is 0 Å². The van der Waals surface area contributed by atoms with Gasteiger partial charge < -0.3 is 16.0 Å².